The van der Waals surface area contributed by atoms with E-state index in [1.54, 1.807) is 6.92 Å². The van der Waals surface area contributed by atoms with Gasteiger partial charge in [-0.1, -0.05) is 11.8 Å². The number of ether oxygens (including phenoxy) is 3. The van der Waals surface area contributed by atoms with E-state index in [4.69, 9.17) is 14.2 Å². The third kappa shape index (κ3) is 3.65. The largest absolute Gasteiger partial charge is 0.391 e. The van der Waals surface area contributed by atoms with Gasteiger partial charge in [-0.05, 0) is 20.8 Å². The number of thioether (sulfide) groups is 1. The molecule has 4 atom stereocenters. The average molecular weight is 304 g/mol. The normalized spacial score (nSPS) is 35.3. The van der Waals surface area contributed by atoms with Gasteiger partial charge in [-0.25, -0.2) is 0 Å². The van der Waals surface area contributed by atoms with Crippen LogP contribution in [0.1, 0.15) is 20.8 Å². The Morgan fingerprint density at radius 3 is 2.70 bits per heavy atom. The monoisotopic (exact) mass is 304 g/mol. The van der Waals surface area contributed by atoms with Crippen LogP contribution in [0.3, 0.4) is 0 Å². The number of nitrogens with zero attached hydrogens (tertiary/aromatic N) is 2. The number of fused-ring (bicyclic) bond motifs is 1. The highest BCUT2D eigenvalue weighted by Crippen LogP contribution is 2.33. The molecule has 0 amide bonds. The van der Waals surface area contributed by atoms with E-state index >= 15 is 0 Å². The fourth-order valence-electron chi connectivity index (χ4n) is 2.44. The molecule has 0 unspecified atom stereocenters. The standard InChI is InChI=1S/C13H24N2O4S/c1-8(16)10-11-9(18-13(2,3)19-11)6-14-12(15(4)5)20-7-17-10/h8-11,16H,6-7H2,1-5H3/t8-,9+,10+,11-/m0/s1. The summed E-state index contributed by atoms with van der Waals surface area (Å²) in [6.07, 6.45) is -1.55. The quantitative estimate of drug-likeness (QED) is 0.776. The molecule has 7 heteroatoms. The summed E-state index contributed by atoms with van der Waals surface area (Å²) in [5, 5.41) is 10.9. The third-order valence-electron chi connectivity index (χ3n) is 3.26. The van der Waals surface area contributed by atoms with Crippen LogP contribution in [0.5, 0.6) is 0 Å². The van der Waals surface area contributed by atoms with Crippen molar-refractivity contribution >= 4 is 16.9 Å². The molecule has 0 saturated carbocycles. The minimum absolute atomic E-state index is 0.210. The zero-order chi connectivity index (χ0) is 14.9. The van der Waals surface area contributed by atoms with E-state index in [9.17, 15) is 5.11 Å². The van der Waals surface area contributed by atoms with E-state index in [1.165, 1.54) is 11.8 Å². The smallest absolute Gasteiger partial charge is 0.163 e. The third-order valence-corrected chi connectivity index (χ3v) is 4.26. The van der Waals surface area contributed by atoms with Crippen LogP contribution in [0.25, 0.3) is 0 Å². The molecule has 0 aliphatic carbocycles. The topological polar surface area (TPSA) is 63.5 Å². The Labute approximate surface area is 124 Å². The van der Waals surface area contributed by atoms with Crippen LogP contribution in [0.4, 0.5) is 0 Å². The van der Waals surface area contributed by atoms with Gasteiger partial charge >= 0.3 is 0 Å². The van der Waals surface area contributed by atoms with Crippen molar-refractivity contribution in [2.45, 2.75) is 51.0 Å². The SMILES string of the molecule is C[C@H](O)[C@H]1OCSC(N(C)C)=NC[C@H]2OC(C)(C)O[C@H]12. The summed E-state index contributed by atoms with van der Waals surface area (Å²) in [5.74, 6) is -0.244. The molecule has 0 radical (unpaired) electrons. The van der Waals surface area contributed by atoms with E-state index in [1.807, 2.05) is 32.8 Å². The number of aliphatic imine (C=N–C) groups is 1. The number of amidine groups is 1. The Kier molecular flexibility index (Phi) is 4.96. The Balaban J connectivity index is 2.21. The summed E-state index contributed by atoms with van der Waals surface area (Å²) < 4.78 is 17.6. The Bertz CT molecular complexity index is 373. The lowest BCUT2D eigenvalue weighted by atomic mass is 10.0. The predicted molar refractivity (Wildman–Crippen MR) is 78.8 cm³/mol. The summed E-state index contributed by atoms with van der Waals surface area (Å²) in [6.45, 7) is 5.96. The van der Waals surface area contributed by atoms with E-state index < -0.39 is 18.0 Å². The first-order valence-corrected chi connectivity index (χ1v) is 7.78. The van der Waals surface area contributed by atoms with Gasteiger partial charge in [0.05, 0.1) is 12.6 Å². The first-order valence-electron chi connectivity index (χ1n) is 6.80. The molecular weight excluding hydrogens is 280 g/mol. The fourth-order valence-corrected chi connectivity index (χ4v) is 3.20. The zero-order valence-corrected chi connectivity index (χ0v) is 13.5. The second kappa shape index (κ2) is 6.19. The van der Waals surface area contributed by atoms with E-state index in [0.717, 1.165) is 5.17 Å². The van der Waals surface area contributed by atoms with Gasteiger partial charge in [0.25, 0.3) is 0 Å². The second-order valence-corrected chi connectivity index (χ2v) is 6.68. The molecule has 2 rings (SSSR count). The second-order valence-electron chi connectivity index (χ2n) is 5.79. The predicted octanol–water partition coefficient (Wildman–Crippen LogP) is 0.894. The Morgan fingerprint density at radius 1 is 1.40 bits per heavy atom. The first-order chi connectivity index (χ1) is 9.30. The van der Waals surface area contributed by atoms with Crippen molar-refractivity contribution < 1.29 is 19.3 Å². The van der Waals surface area contributed by atoms with Crippen molar-refractivity contribution in [3.8, 4) is 0 Å². The molecule has 0 aromatic heterocycles. The van der Waals surface area contributed by atoms with Gasteiger partial charge in [0.2, 0.25) is 0 Å². The molecule has 1 fully saturated rings. The van der Waals surface area contributed by atoms with Gasteiger partial charge in [0, 0.05) is 14.1 Å². The van der Waals surface area contributed by atoms with Gasteiger partial charge in [0.1, 0.15) is 24.3 Å². The van der Waals surface area contributed by atoms with Crippen LogP contribution in [0.2, 0.25) is 0 Å². The average Bonchev–Trinajstić information content (AvgIpc) is 2.64. The first kappa shape index (κ1) is 16.0. The Morgan fingerprint density at radius 2 is 2.10 bits per heavy atom. The Hall–Kier alpha value is -0.340. The molecule has 2 aliphatic rings. The molecule has 0 aromatic rings. The highest BCUT2D eigenvalue weighted by atomic mass is 32.2. The maximum Gasteiger partial charge on any atom is 0.163 e. The van der Waals surface area contributed by atoms with Crippen LogP contribution in [-0.4, -0.2) is 72.0 Å². The van der Waals surface area contributed by atoms with Crippen molar-refractivity contribution in [1.82, 2.24) is 4.90 Å². The van der Waals surface area contributed by atoms with Crippen LogP contribution in [0.15, 0.2) is 4.99 Å². The molecule has 116 valence electrons. The summed E-state index contributed by atoms with van der Waals surface area (Å²) >= 11 is 1.51. The molecule has 2 aliphatic heterocycles. The number of aliphatic hydroxyl groups excluding tert-OH is 1. The number of aliphatic hydroxyl groups is 1. The lowest BCUT2D eigenvalue weighted by molar-refractivity contribution is -0.165. The minimum atomic E-state index is -0.675. The summed E-state index contributed by atoms with van der Waals surface area (Å²) in [6, 6.07) is 0. The van der Waals surface area contributed by atoms with Crippen LogP contribution in [0, 0.1) is 0 Å². The molecule has 2 heterocycles. The van der Waals surface area contributed by atoms with Crippen molar-refractivity contribution in [1.29, 1.82) is 0 Å². The molecule has 0 aromatic carbocycles. The van der Waals surface area contributed by atoms with Gasteiger partial charge < -0.3 is 24.2 Å². The fraction of sp³-hybridized carbons (Fsp3) is 0.923. The number of rotatable bonds is 1. The van der Waals surface area contributed by atoms with Gasteiger partial charge in [-0.15, -0.1) is 0 Å². The van der Waals surface area contributed by atoms with Crippen LogP contribution in [-0.2, 0) is 14.2 Å². The van der Waals surface area contributed by atoms with Crippen molar-refractivity contribution in [3.05, 3.63) is 0 Å². The zero-order valence-electron chi connectivity index (χ0n) is 12.7. The van der Waals surface area contributed by atoms with Gasteiger partial charge in [-0.3, -0.25) is 4.99 Å². The number of hydrogen-bond acceptors (Lipinski definition) is 7. The summed E-state index contributed by atoms with van der Waals surface area (Å²) in [7, 11) is 3.90. The molecule has 1 N–H and O–H groups in total. The molecule has 6 nitrogen and oxygen atoms in total. The maximum atomic E-state index is 9.96. The molecular formula is C13H24N2O4S. The minimum Gasteiger partial charge on any atom is -0.391 e. The van der Waals surface area contributed by atoms with Gasteiger partial charge in [0.15, 0.2) is 11.0 Å². The number of hydrogen-bond donors (Lipinski definition) is 1. The molecule has 20 heavy (non-hydrogen) atoms. The molecule has 1 saturated heterocycles. The highest BCUT2D eigenvalue weighted by Gasteiger charge is 2.47. The summed E-state index contributed by atoms with van der Waals surface area (Å²) in [4.78, 5) is 6.53. The van der Waals surface area contributed by atoms with E-state index in [-0.39, 0.29) is 12.2 Å². The molecule has 0 bridgehead atoms. The molecule has 0 spiro atoms. The van der Waals surface area contributed by atoms with Gasteiger partial charge in [-0.2, -0.15) is 0 Å². The lowest BCUT2D eigenvalue weighted by Crippen LogP contribution is -2.44. The van der Waals surface area contributed by atoms with Crippen LogP contribution >= 0.6 is 11.8 Å². The van der Waals surface area contributed by atoms with Crippen molar-refractivity contribution in [3.63, 3.8) is 0 Å². The summed E-state index contributed by atoms with van der Waals surface area (Å²) in [5.41, 5.74) is 0. The maximum absolute atomic E-state index is 9.96. The van der Waals surface area contributed by atoms with Crippen LogP contribution < -0.4 is 0 Å². The lowest BCUT2D eigenvalue weighted by Gasteiger charge is -2.27. The highest BCUT2D eigenvalue weighted by molar-refractivity contribution is 8.13. The van der Waals surface area contributed by atoms with Crippen molar-refractivity contribution in [2.75, 3.05) is 26.6 Å². The van der Waals surface area contributed by atoms with E-state index in [0.29, 0.717) is 12.5 Å². The van der Waals surface area contributed by atoms with E-state index in [2.05, 4.69) is 4.99 Å². The van der Waals surface area contributed by atoms with Crippen molar-refractivity contribution in [2.24, 2.45) is 4.99 Å².